The van der Waals surface area contributed by atoms with Crippen LogP contribution in [-0.2, 0) is 16.0 Å². The number of hydrogen-bond donors (Lipinski definition) is 2. The van der Waals surface area contributed by atoms with E-state index in [0.717, 1.165) is 36.9 Å². The van der Waals surface area contributed by atoms with Crippen molar-refractivity contribution in [3.8, 4) is 5.69 Å². The Morgan fingerprint density at radius 1 is 1.12 bits per heavy atom. The number of aliphatic carboxylic acids is 1. The molecule has 1 aliphatic carbocycles. The zero-order valence-corrected chi connectivity index (χ0v) is 14.1. The lowest BCUT2D eigenvalue weighted by molar-refractivity contribution is -0.148. The average Bonchev–Trinajstić information content (AvgIpc) is 2.93. The van der Waals surface area contributed by atoms with Gasteiger partial charge in [0.1, 0.15) is 5.54 Å². The van der Waals surface area contributed by atoms with Crippen LogP contribution in [0.15, 0.2) is 42.7 Å². The molecule has 132 valence electrons. The van der Waals surface area contributed by atoms with Gasteiger partial charge in [-0.25, -0.2) is 9.48 Å². The number of aromatic nitrogens is 2. The van der Waals surface area contributed by atoms with Crippen molar-refractivity contribution in [1.29, 1.82) is 0 Å². The molecule has 0 aliphatic heterocycles. The van der Waals surface area contributed by atoms with E-state index >= 15 is 0 Å². The molecule has 1 aliphatic rings. The number of carboxylic acids is 1. The van der Waals surface area contributed by atoms with Crippen LogP contribution >= 0.6 is 0 Å². The van der Waals surface area contributed by atoms with E-state index in [9.17, 15) is 14.7 Å². The molecular formula is C19H23N3O3. The van der Waals surface area contributed by atoms with Gasteiger partial charge >= 0.3 is 5.97 Å². The summed E-state index contributed by atoms with van der Waals surface area (Å²) in [5, 5.41) is 16.7. The molecule has 6 nitrogen and oxygen atoms in total. The predicted molar refractivity (Wildman–Crippen MR) is 93.5 cm³/mol. The summed E-state index contributed by atoms with van der Waals surface area (Å²) in [4.78, 5) is 24.2. The van der Waals surface area contributed by atoms with Crippen molar-refractivity contribution in [2.75, 3.05) is 0 Å². The van der Waals surface area contributed by atoms with Crippen molar-refractivity contribution in [3.05, 3.63) is 48.3 Å². The highest BCUT2D eigenvalue weighted by Crippen LogP contribution is 2.27. The second-order valence-electron chi connectivity index (χ2n) is 6.66. The Balaban J connectivity index is 1.67. The minimum absolute atomic E-state index is 0.127. The third-order valence-electron chi connectivity index (χ3n) is 4.77. The summed E-state index contributed by atoms with van der Waals surface area (Å²) in [5.41, 5.74) is 0.554. The third-order valence-corrected chi connectivity index (χ3v) is 4.77. The molecule has 1 amide bonds. The summed E-state index contributed by atoms with van der Waals surface area (Å²) in [6.07, 6.45) is 8.28. The zero-order chi connectivity index (χ0) is 17.7. The van der Waals surface area contributed by atoms with Gasteiger partial charge in [0, 0.05) is 6.20 Å². The van der Waals surface area contributed by atoms with Crippen LogP contribution in [0, 0.1) is 0 Å². The first-order valence-electron chi connectivity index (χ1n) is 8.72. The Morgan fingerprint density at radius 2 is 1.80 bits per heavy atom. The van der Waals surface area contributed by atoms with Gasteiger partial charge in [-0.05, 0) is 30.5 Å². The first-order valence-corrected chi connectivity index (χ1v) is 8.72. The monoisotopic (exact) mass is 341 g/mol. The maximum absolute atomic E-state index is 12.4. The maximum Gasteiger partial charge on any atom is 0.329 e. The lowest BCUT2D eigenvalue weighted by Gasteiger charge is -2.29. The highest BCUT2D eigenvalue weighted by atomic mass is 16.4. The second kappa shape index (κ2) is 7.51. The smallest absolute Gasteiger partial charge is 0.329 e. The van der Waals surface area contributed by atoms with Crippen LogP contribution in [0.4, 0.5) is 0 Å². The van der Waals surface area contributed by atoms with Crippen LogP contribution in [0.25, 0.3) is 5.69 Å². The molecular weight excluding hydrogens is 318 g/mol. The average molecular weight is 341 g/mol. The standard InChI is InChI=1S/C19H23N3O3/c23-17(21-19(18(24)25)10-6-1-2-7-11-19)12-15-13-20-22(14-15)16-8-4-3-5-9-16/h3-5,8-9,13-14H,1-2,6-7,10-12H2,(H,21,23)(H,24,25). The molecule has 1 aromatic heterocycles. The van der Waals surface area contributed by atoms with Crippen molar-refractivity contribution in [1.82, 2.24) is 15.1 Å². The van der Waals surface area contributed by atoms with E-state index in [2.05, 4.69) is 10.4 Å². The van der Waals surface area contributed by atoms with E-state index in [-0.39, 0.29) is 12.3 Å². The quantitative estimate of drug-likeness (QED) is 0.819. The van der Waals surface area contributed by atoms with E-state index in [1.165, 1.54) is 0 Å². The normalized spacial score (nSPS) is 16.8. The minimum Gasteiger partial charge on any atom is -0.480 e. The molecule has 1 heterocycles. The molecule has 0 saturated heterocycles. The molecule has 25 heavy (non-hydrogen) atoms. The lowest BCUT2D eigenvalue weighted by Crippen LogP contribution is -2.54. The molecule has 1 fully saturated rings. The Morgan fingerprint density at radius 3 is 2.44 bits per heavy atom. The Hall–Kier alpha value is -2.63. The Kier molecular flexibility index (Phi) is 5.16. The fourth-order valence-corrected chi connectivity index (χ4v) is 3.39. The van der Waals surface area contributed by atoms with Gasteiger partial charge < -0.3 is 10.4 Å². The summed E-state index contributed by atoms with van der Waals surface area (Å²) >= 11 is 0. The summed E-state index contributed by atoms with van der Waals surface area (Å²) in [6.45, 7) is 0. The lowest BCUT2D eigenvalue weighted by atomic mass is 9.90. The molecule has 0 atom stereocenters. The number of hydrogen-bond acceptors (Lipinski definition) is 3. The van der Waals surface area contributed by atoms with Gasteiger partial charge in [-0.2, -0.15) is 5.10 Å². The summed E-state index contributed by atoms with van der Waals surface area (Å²) in [6, 6.07) is 9.64. The molecule has 0 spiro atoms. The van der Waals surface area contributed by atoms with Gasteiger partial charge in [0.2, 0.25) is 5.91 Å². The van der Waals surface area contributed by atoms with Crippen LogP contribution in [0.2, 0.25) is 0 Å². The minimum atomic E-state index is -1.12. The maximum atomic E-state index is 12.4. The van der Waals surface area contributed by atoms with Gasteiger partial charge in [-0.1, -0.05) is 43.9 Å². The molecule has 0 unspecified atom stereocenters. The zero-order valence-electron chi connectivity index (χ0n) is 14.1. The summed E-state index contributed by atoms with van der Waals surface area (Å²) < 4.78 is 1.71. The second-order valence-corrected chi connectivity index (χ2v) is 6.66. The van der Waals surface area contributed by atoms with Gasteiger partial charge in [0.15, 0.2) is 0 Å². The van der Waals surface area contributed by atoms with E-state index < -0.39 is 11.5 Å². The highest BCUT2D eigenvalue weighted by molar-refractivity contribution is 5.88. The highest BCUT2D eigenvalue weighted by Gasteiger charge is 2.39. The number of para-hydroxylation sites is 1. The van der Waals surface area contributed by atoms with E-state index in [1.54, 1.807) is 17.1 Å². The number of benzene rings is 1. The first-order chi connectivity index (χ1) is 12.1. The molecule has 0 radical (unpaired) electrons. The number of carboxylic acid groups (broad SMARTS) is 1. The fraction of sp³-hybridized carbons (Fsp3) is 0.421. The van der Waals surface area contributed by atoms with Crippen LogP contribution in [0.5, 0.6) is 0 Å². The summed E-state index contributed by atoms with van der Waals surface area (Å²) in [7, 11) is 0. The largest absolute Gasteiger partial charge is 0.480 e. The number of rotatable bonds is 5. The van der Waals surface area contributed by atoms with Gasteiger partial charge in [0.05, 0.1) is 18.3 Å². The first kappa shape index (κ1) is 17.2. The van der Waals surface area contributed by atoms with Crippen molar-refractivity contribution >= 4 is 11.9 Å². The van der Waals surface area contributed by atoms with E-state index in [0.29, 0.717) is 12.8 Å². The molecule has 2 aromatic rings. The van der Waals surface area contributed by atoms with Crippen LogP contribution in [0.1, 0.15) is 44.1 Å². The van der Waals surface area contributed by atoms with Gasteiger partial charge in [-0.15, -0.1) is 0 Å². The van der Waals surface area contributed by atoms with Crippen molar-refractivity contribution in [3.63, 3.8) is 0 Å². The molecule has 3 rings (SSSR count). The molecule has 2 N–H and O–H groups in total. The van der Waals surface area contributed by atoms with E-state index in [1.807, 2.05) is 30.3 Å². The SMILES string of the molecule is O=C(Cc1cnn(-c2ccccc2)c1)NC1(C(=O)O)CCCCCC1. The number of nitrogens with zero attached hydrogens (tertiary/aromatic N) is 2. The van der Waals surface area contributed by atoms with Crippen LogP contribution < -0.4 is 5.32 Å². The van der Waals surface area contributed by atoms with Crippen molar-refractivity contribution < 1.29 is 14.7 Å². The molecule has 1 aromatic carbocycles. The number of carbonyl (C=O) groups is 2. The molecule has 1 saturated carbocycles. The van der Waals surface area contributed by atoms with E-state index in [4.69, 9.17) is 0 Å². The molecule has 6 heteroatoms. The predicted octanol–water partition coefficient (Wildman–Crippen LogP) is 2.71. The third kappa shape index (κ3) is 4.07. The molecule has 0 bridgehead atoms. The topological polar surface area (TPSA) is 84.2 Å². The van der Waals surface area contributed by atoms with Crippen LogP contribution in [-0.4, -0.2) is 32.3 Å². The van der Waals surface area contributed by atoms with Crippen molar-refractivity contribution in [2.24, 2.45) is 0 Å². The Labute approximate surface area is 146 Å². The van der Waals surface area contributed by atoms with Gasteiger partial charge in [0.25, 0.3) is 0 Å². The number of nitrogens with one attached hydrogen (secondary N) is 1. The van der Waals surface area contributed by atoms with Gasteiger partial charge in [-0.3, -0.25) is 4.79 Å². The Bertz CT molecular complexity index is 731. The van der Waals surface area contributed by atoms with Crippen molar-refractivity contribution in [2.45, 2.75) is 50.5 Å². The number of amides is 1. The number of carbonyl (C=O) groups excluding carboxylic acids is 1. The fourth-order valence-electron chi connectivity index (χ4n) is 3.39. The summed E-state index contributed by atoms with van der Waals surface area (Å²) in [5.74, 6) is -1.19. The van der Waals surface area contributed by atoms with Crippen LogP contribution in [0.3, 0.4) is 0 Å².